The predicted molar refractivity (Wildman–Crippen MR) is 142 cm³/mol. The van der Waals surface area contributed by atoms with Crippen LogP contribution >= 0.6 is 0 Å². The summed E-state index contributed by atoms with van der Waals surface area (Å²) in [6.45, 7) is 0. The molecule has 0 radical (unpaired) electrons. The van der Waals surface area contributed by atoms with Crippen molar-refractivity contribution in [3.63, 3.8) is 0 Å². The molecule has 0 spiro atoms. The van der Waals surface area contributed by atoms with Gasteiger partial charge < -0.3 is 9.88 Å². The molecule has 0 fully saturated rings. The number of fused-ring (bicyclic) bond motifs is 1. The van der Waals surface area contributed by atoms with Crippen LogP contribution in [0.4, 0.5) is 5.69 Å². The zero-order valence-corrected chi connectivity index (χ0v) is 19.2. The Morgan fingerprint density at radius 1 is 0.788 bits per heavy atom. The lowest BCUT2D eigenvalue weighted by Crippen LogP contribution is -2.00. The quantitative estimate of drug-likeness (QED) is 0.376. The van der Waals surface area contributed by atoms with Gasteiger partial charge in [-0.3, -0.25) is 4.99 Å². The molecule has 4 aromatic rings. The summed E-state index contributed by atoms with van der Waals surface area (Å²) >= 11 is 0. The van der Waals surface area contributed by atoms with E-state index < -0.39 is 0 Å². The van der Waals surface area contributed by atoms with E-state index in [0.29, 0.717) is 0 Å². The van der Waals surface area contributed by atoms with Crippen molar-refractivity contribution in [1.29, 1.82) is 0 Å². The molecule has 0 amide bonds. The third-order valence-electron chi connectivity index (χ3n) is 6.28. The van der Waals surface area contributed by atoms with Crippen molar-refractivity contribution in [1.82, 2.24) is 4.57 Å². The van der Waals surface area contributed by atoms with Gasteiger partial charge in [-0.05, 0) is 52.6 Å². The zero-order valence-electron chi connectivity index (χ0n) is 19.2. The Morgan fingerprint density at radius 2 is 1.45 bits per heavy atom. The Morgan fingerprint density at radius 3 is 2.12 bits per heavy atom. The van der Waals surface area contributed by atoms with Gasteiger partial charge in [0.05, 0.1) is 11.4 Å². The molecule has 3 heteroatoms. The molecule has 5 rings (SSSR count). The van der Waals surface area contributed by atoms with Crippen molar-refractivity contribution in [2.75, 3.05) is 19.4 Å². The molecule has 0 aliphatic heterocycles. The lowest BCUT2D eigenvalue weighted by molar-refractivity contribution is 0.976. The highest BCUT2D eigenvalue weighted by Gasteiger charge is 2.22. The van der Waals surface area contributed by atoms with Crippen molar-refractivity contribution >= 4 is 27.9 Å². The van der Waals surface area contributed by atoms with Crippen molar-refractivity contribution in [3.8, 4) is 11.3 Å². The normalized spacial score (nSPS) is 12.9. The highest BCUT2D eigenvalue weighted by atomic mass is 15.0. The van der Waals surface area contributed by atoms with E-state index in [0.717, 1.165) is 11.4 Å². The number of hydrogen-bond acceptors (Lipinski definition) is 2. The molecule has 1 N–H and O–H groups in total. The molecule has 0 saturated carbocycles. The van der Waals surface area contributed by atoms with E-state index in [1.807, 2.05) is 14.1 Å². The number of rotatable bonds is 4. The average molecular weight is 430 g/mol. The van der Waals surface area contributed by atoms with E-state index in [2.05, 4.69) is 125 Å². The number of aromatic nitrogens is 1. The summed E-state index contributed by atoms with van der Waals surface area (Å²) in [5.74, 6) is 0. The smallest absolute Gasteiger partial charge is 0.0571 e. The van der Waals surface area contributed by atoms with Gasteiger partial charge in [0.15, 0.2) is 0 Å². The second kappa shape index (κ2) is 8.79. The molecule has 3 aromatic carbocycles. The largest absolute Gasteiger partial charge is 0.388 e. The number of anilines is 1. The van der Waals surface area contributed by atoms with Crippen molar-refractivity contribution in [2.45, 2.75) is 0 Å². The van der Waals surface area contributed by atoms with E-state index in [1.54, 1.807) is 0 Å². The SMILES string of the molecule is CN=C1C=CC(=C(c2ccc(NC)cc2)c2c(-c3ccccc3)n(C)c3ccccc23)C=C1. The minimum absolute atomic E-state index is 0.977. The second-order valence-corrected chi connectivity index (χ2v) is 8.14. The highest BCUT2D eigenvalue weighted by molar-refractivity contribution is 6.09. The van der Waals surface area contributed by atoms with Gasteiger partial charge in [-0.1, -0.05) is 72.8 Å². The molecule has 1 aromatic heterocycles. The predicted octanol–water partition coefficient (Wildman–Crippen LogP) is 6.89. The third kappa shape index (κ3) is 3.72. The molecule has 0 bridgehead atoms. The van der Waals surface area contributed by atoms with E-state index in [-0.39, 0.29) is 0 Å². The van der Waals surface area contributed by atoms with Gasteiger partial charge in [-0.2, -0.15) is 0 Å². The molecule has 1 aliphatic carbocycles. The van der Waals surface area contributed by atoms with E-state index >= 15 is 0 Å². The molecule has 1 aliphatic rings. The molecule has 0 atom stereocenters. The van der Waals surface area contributed by atoms with Gasteiger partial charge in [-0.25, -0.2) is 0 Å². The van der Waals surface area contributed by atoms with Crippen molar-refractivity contribution in [3.05, 3.63) is 120 Å². The van der Waals surface area contributed by atoms with Crippen molar-refractivity contribution < 1.29 is 0 Å². The number of allylic oxidation sites excluding steroid dienone is 5. The van der Waals surface area contributed by atoms with Crippen molar-refractivity contribution in [2.24, 2.45) is 12.0 Å². The summed E-state index contributed by atoms with van der Waals surface area (Å²) in [6, 6.07) is 28.0. The number of nitrogens with one attached hydrogen (secondary N) is 1. The van der Waals surface area contributed by atoms with Gasteiger partial charge in [0.2, 0.25) is 0 Å². The Balaban J connectivity index is 1.88. The molecular weight excluding hydrogens is 402 g/mol. The zero-order chi connectivity index (χ0) is 22.8. The summed E-state index contributed by atoms with van der Waals surface area (Å²) in [6.07, 6.45) is 8.54. The average Bonchev–Trinajstić information content (AvgIpc) is 3.18. The van der Waals surface area contributed by atoms with Crippen LogP contribution in [0, 0.1) is 0 Å². The first-order valence-corrected chi connectivity index (χ1v) is 11.2. The summed E-state index contributed by atoms with van der Waals surface area (Å²) in [5, 5.41) is 4.48. The van der Waals surface area contributed by atoms with E-state index in [1.165, 1.54) is 44.4 Å². The van der Waals surface area contributed by atoms with Crippen LogP contribution in [0.5, 0.6) is 0 Å². The number of para-hydroxylation sites is 1. The maximum atomic E-state index is 4.34. The number of benzene rings is 3. The first-order chi connectivity index (χ1) is 16.2. The Labute approximate surface area is 195 Å². The fraction of sp³-hybridized carbons (Fsp3) is 0.100. The lowest BCUT2D eigenvalue weighted by Gasteiger charge is -2.17. The number of aryl methyl sites for hydroxylation is 1. The van der Waals surface area contributed by atoms with Crippen LogP contribution in [0.2, 0.25) is 0 Å². The summed E-state index contributed by atoms with van der Waals surface area (Å²) < 4.78 is 2.32. The maximum absolute atomic E-state index is 4.34. The number of hydrogen-bond donors (Lipinski definition) is 1. The Hall–Kier alpha value is -4.11. The molecule has 0 unspecified atom stereocenters. The summed E-state index contributed by atoms with van der Waals surface area (Å²) in [7, 11) is 5.94. The maximum Gasteiger partial charge on any atom is 0.0571 e. The molecule has 162 valence electrons. The topological polar surface area (TPSA) is 29.3 Å². The molecule has 3 nitrogen and oxygen atoms in total. The monoisotopic (exact) mass is 429 g/mol. The molecule has 1 heterocycles. The first kappa shape index (κ1) is 20.8. The second-order valence-electron chi connectivity index (χ2n) is 8.14. The van der Waals surface area contributed by atoms with Gasteiger partial charge >= 0.3 is 0 Å². The van der Waals surface area contributed by atoms with Crippen LogP contribution in [0.3, 0.4) is 0 Å². The van der Waals surface area contributed by atoms with Gasteiger partial charge in [0.25, 0.3) is 0 Å². The number of aliphatic imine (C=N–C) groups is 1. The van der Waals surface area contributed by atoms with Crippen LogP contribution < -0.4 is 5.32 Å². The summed E-state index contributed by atoms with van der Waals surface area (Å²) in [4.78, 5) is 4.34. The fourth-order valence-corrected chi connectivity index (χ4v) is 4.62. The summed E-state index contributed by atoms with van der Waals surface area (Å²) in [5.41, 5.74) is 10.5. The van der Waals surface area contributed by atoms with Gasteiger partial charge in [0.1, 0.15) is 0 Å². The third-order valence-corrected chi connectivity index (χ3v) is 6.28. The number of nitrogens with zero attached hydrogens (tertiary/aromatic N) is 2. The Kier molecular flexibility index (Phi) is 5.54. The Bertz CT molecular complexity index is 1410. The minimum atomic E-state index is 0.977. The van der Waals surface area contributed by atoms with Crippen LogP contribution in [0.1, 0.15) is 11.1 Å². The van der Waals surface area contributed by atoms with E-state index in [9.17, 15) is 0 Å². The van der Waals surface area contributed by atoms with Gasteiger partial charge in [0, 0.05) is 43.3 Å². The molecule has 0 saturated heterocycles. The standard InChI is InChI=1S/C30H27N3/c1-31-24-17-13-21(14-18-24)28(22-15-19-25(32-2)20-16-22)29-26-11-7-8-12-27(26)33(3)30(29)23-9-5-4-6-10-23/h4-20,31H,1-3H3. The van der Waals surface area contributed by atoms with Crippen LogP contribution in [0.15, 0.2) is 114 Å². The first-order valence-electron chi connectivity index (χ1n) is 11.2. The highest BCUT2D eigenvalue weighted by Crippen LogP contribution is 2.42. The fourth-order valence-electron chi connectivity index (χ4n) is 4.62. The van der Waals surface area contributed by atoms with Gasteiger partial charge in [-0.15, -0.1) is 0 Å². The molecule has 33 heavy (non-hydrogen) atoms. The lowest BCUT2D eigenvalue weighted by atomic mass is 9.87. The van der Waals surface area contributed by atoms with Crippen LogP contribution in [0.25, 0.3) is 27.7 Å². The minimum Gasteiger partial charge on any atom is -0.388 e. The van der Waals surface area contributed by atoms with Crippen LogP contribution in [-0.4, -0.2) is 24.4 Å². The molecular formula is C30H27N3. The van der Waals surface area contributed by atoms with E-state index in [4.69, 9.17) is 0 Å². The van der Waals surface area contributed by atoms with Crippen LogP contribution in [-0.2, 0) is 7.05 Å².